The molecule has 0 aliphatic rings. The molecular formula is C24H28N6O. The highest BCUT2D eigenvalue weighted by Crippen LogP contribution is 2.28. The van der Waals surface area contributed by atoms with Gasteiger partial charge in [-0.3, -0.25) is 9.69 Å². The van der Waals surface area contributed by atoms with Crippen LogP contribution in [0.5, 0.6) is 0 Å². The lowest BCUT2D eigenvalue weighted by Crippen LogP contribution is -2.35. The van der Waals surface area contributed by atoms with Gasteiger partial charge in [0.15, 0.2) is 5.82 Å². The predicted octanol–water partition coefficient (Wildman–Crippen LogP) is 3.61. The molecule has 7 heteroatoms. The summed E-state index contributed by atoms with van der Waals surface area (Å²) in [4.78, 5) is 18.5. The van der Waals surface area contributed by atoms with E-state index in [1.807, 2.05) is 49.4 Å². The molecule has 1 atom stereocenters. The fraction of sp³-hybridized carbons (Fsp3) is 0.333. The summed E-state index contributed by atoms with van der Waals surface area (Å²) in [7, 11) is 0. The largest absolute Gasteiger partial charge is 0.322 e. The van der Waals surface area contributed by atoms with E-state index >= 15 is 0 Å². The van der Waals surface area contributed by atoms with Crippen LogP contribution in [-0.2, 0) is 6.54 Å². The first kappa shape index (κ1) is 20.9. The van der Waals surface area contributed by atoms with Crippen molar-refractivity contribution >= 4 is 10.9 Å². The molecule has 4 aromatic rings. The zero-order chi connectivity index (χ0) is 22.0. The van der Waals surface area contributed by atoms with Gasteiger partial charge in [0, 0.05) is 16.5 Å². The van der Waals surface area contributed by atoms with Crippen LogP contribution in [0.2, 0.25) is 0 Å². The molecule has 0 unspecified atom stereocenters. The molecule has 1 N–H and O–H groups in total. The Morgan fingerprint density at radius 1 is 1.06 bits per heavy atom. The average molecular weight is 417 g/mol. The number of H-pyrrole nitrogens is 1. The molecule has 0 bridgehead atoms. The van der Waals surface area contributed by atoms with E-state index in [9.17, 15) is 4.79 Å². The van der Waals surface area contributed by atoms with Crippen LogP contribution in [0.1, 0.15) is 48.0 Å². The molecule has 2 heterocycles. The first-order chi connectivity index (χ1) is 15.0. The molecule has 2 aromatic heterocycles. The number of hydrogen-bond donors (Lipinski definition) is 1. The second kappa shape index (κ2) is 8.81. The molecule has 0 saturated carbocycles. The Hall–Kier alpha value is -3.32. The van der Waals surface area contributed by atoms with Crippen molar-refractivity contribution in [1.82, 2.24) is 30.1 Å². The molecule has 160 valence electrons. The standard InChI is InChI=1S/C24H28N6O/c1-5-29(6-2)22(23-26-27-28-30(23)15-18-10-8-7-9-11-18)20-14-19-17(4)12-16(3)13-21(19)25-24(20)31/h7-14,22H,5-6,15H2,1-4H3,(H,25,31)/t22-/m0/s1. The first-order valence-corrected chi connectivity index (χ1v) is 10.7. The van der Waals surface area contributed by atoms with Crippen LogP contribution in [0.4, 0.5) is 0 Å². The fourth-order valence-corrected chi connectivity index (χ4v) is 4.26. The maximum absolute atomic E-state index is 13.2. The monoisotopic (exact) mass is 416 g/mol. The number of pyridine rings is 1. The average Bonchev–Trinajstić information content (AvgIpc) is 3.20. The van der Waals surface area contributed by atoms with Crippen molar-refractivity contribution < 1.29 is 0 Å². The zero-order valence-electron chi connectivity index (χ0n) is 18.5. The summed E-state index contributed by atoms with van der Waals surface area (Å²) >= 11 is 0. The summed E-state index contributed by atoms with van der Waals surface area (Å²) in [5, 5.41) is 13.6. The topological polar surface area (TPSA) is 79.7 Å². The summed E-state index contributed by atoms with van der Waals surface area (Å²) < 4.78 is 1.80. The van der Waals surface area contributed by atoms with Crippen LogP contribution in [0.25, 0.3) is 10.9 Å². The van der Waals surface area contributed by atoms with Gasteiger partial charge in [0.25, 0.3) is 5.56 Å². The third-order valence-corrected chi connectivity index (χ3v) is 5.79. The molecule has 4 rings (SSSR count). The van der Waals surface area contributed by atoms with Gasteiger partial charge in [-0.15, -0.1) is 5.10 Å². The minimum Gasteiger partial charge on any atom is -0.322 e. The molecule has 31 heavy (non-hydrogen) atoms. The van der Waals surface area contributed by atoms with E-state index in [0.29, 0.717) is 17.9 Å². The van der Waals surface area contributed by atoms with Crippen LogP contribution >= 0.6 is 0 Å². The summed E-state index contributed by atoms with van der Waals surface area (Å²) in [6, 6.07) is 15.9. The number of benzene rings is 2. The van der Waals surface area contributed by atoms with Crippen molar-refractivity contribution in [3.63, 3.8) is 0 Å². The van der Waals surface area contributed by atoms with Gasteiger partial charge in [0.1, 0.15) is 6.04 Å². The van der Waals surface area contributed by atoms with Gasteiger partial charge in [-0.1, -0.05) is 50.2 Å². The Labute approximate surface area is 181 Å². The number of aromatic nitrogens is 5. The van der Waals surface area contributed by atoms with Gasteiger partial charge < -0.3 is 4.98 Å². The highest BCUT2D eigenvalue weighted by Gasteiger charge is 2.29. The third kappa shape index (κ3) is 4.14. The third-order valence-electron chi connectivity index (χ3n) is 5.79. The number of aryl methyl sites for hydroxylation is 2. The smallest absolute Gasteiger partial charge is 0.253 e. The SMILES string of the molecule is CCN(CC)[C@@H](c1cc2c(C)cc(C)cc2[nH]c1=O)c1nnnn1Cc1ccccc1. The lowest BCUT2D eigenvalue weighted by Gasteiger charge is -2.28. The second-order valence-electron chi connectivity index (χ2n) is 7.90. The predicted molar refractivity (Wildman–Crippen MR) is 122 cm³/mol. The van der Waals surface area contributed by atoms with Gasteiger partial charge in [0.05, 0.1) is 6.54 Å². The quantitative estimate of drug-likeness (QED) is 0.498. The number of nitrogens with one attached hydrogen (secondary N) is 1. The van der Waals surface area contributed by atoms with Gasteiger partial charge in [0.2, 0.25) is 0 Å². The van der Waals surface area contributed by atoms with Crippen molar-refractivity contribution in [3.8, 4) is 0 Å². The Morgan fingerprint density at radius 3 is 2.52 bits per heavy atom. The van der Waals surface area contributed by atoms with E-state index in [-0.39, 0.29) is 11.6 Å². The molecule has 2 aromatic carbocycles. The second-order valence-corrected chi connectivity index (χ2v) is 7.90. The summed E-state index contributed by atoms with van der Waals surface area (Å²) in [6.07, 6.45) is 0. The molecule has 7 nitrogen and oxygen atoms in total. The van der Waals surface area contributed by atoms with E-state index in [4.69, 9.17) is 0 Å². The minimum atomic E-state index is -0.345. The van der Waals surface area contributed by atoms with Gasteiger partial charge in [-0.25, -0.2) is 4.68 Å². The maximum atomic E-state index is 13.2. The van der Waals surface area contributed by atoms with E-state index < -0.39 is 0 Å². The number of nitrogens with zero attached hydrogens (tertiary/aromatic N) is 5. The van der Waals surface area contributed by atoms with Gasteiger partial charge >= 0.3 is 0 Å². The van der Waals surface area contributed by atoms with Crippen LogP contribution in [0.3, 0.4) is 0 Å². The van der Waals surface area contributed by atoms with Gasteiger partial charge in [-0.05, 0) is 66.2 Å². The zero-order valence-corrected chi connectivity index (χ0v) is 18.5. The van der Waals surface area contributed by atoms with Crippen LogP contribution < -0.4 is 5.56 Å². The normalized spacial score (nSPS) is 12.5. The highest BCUT2D eigenvalue weighted by atomic mass is 16.1. The Morgan fingerprint density at radius 2 is 1.81 bits per heavy atom. The first-order valence-electron chi connectivity index (χ1n) is 10.7. The molecule has 0 spiro atoms. The van der Waals surface area contributed by atoms with Crippen LogP contribution in [0, 0.1) is 13.8 Å². The van der Waals surface area contributed by atoms with Crippen molar-refractivity contribution in [2.24, 2.45) is 0 Å². The Kier molecular flexibility index (Phi) is 5.95. The molecule has 0 radical (unpaired) electrons. The molecular weight excluding hydrogens is 388 g/mol. The highest BCUT2D eigenvalue weighted by molar-refractivity contribution is 5.83. The van der Waals surface area contributed by atoms with E-state index in [0.717, 1.165) is 40.7 Å². The molecule has 0 fully saturated rings. The lowest BCUT2D eigenvalue weighted by molar-refractivity contribution is 0.235. The van der Waals surface area contributed by atoms with Gasteiger partial charge in [-0.2, -0.15) is 0 Å². The summed E-state index contributed by atoms with van der Waals surface area (Å²) in [6.45, 7) is 10.4. The lowest BCUT2D eigenvalue weighted by atomic mass is 10.00. The summed E-state index contributed by atoms with van der Waals surface area (Å²) in [5.41, 5.74) is 4.77. The molecule has 0 aliphatic carbocycles. The maximum Gasteiger partial charge on any atom is 0.253 e. The van der Waals surface area contributed by atoms with Crippen molar-refractivity contribution in [1.29, 1.82) is 0 Å². The number of tetrazole rings is 1. The number of fused-ring (bicyclic) bond motifs is 1. The number of rotatable bonds is 7. The Bertz CT molecular complexity index is 1240. The van der Waals surface area contributed by atoms with Crippen LogP contribution in [-0.4, -0.2) is 43.2 Å². The van der Waals surface area contributed by atoms with Crippen molar-refractivity contribution in [2.75, 3.05) is 13.1 Å². The van der Waals surface area contributed by atoms with Crippen molar-refractivity contribution in [3.05, 3.63) is 87.0 Å². The summed E-state index contributed by atoms with van der Waals surface area (Å²) in [5.74, 6) is 0.669. The number of aromatic amines is 1. The number of hydrogen-bond acceptors (Lipinski definition) is 5. The molecule has 0 aliphatic heterocycles. The van der Waals surface area contributed by atoms with E-state index in [1.54, 1.807) is 4.68 Å². The Balaban J connectivity index is 1.87. The molecule has 0 saturated heterocycles. The van der Waals surface area contributed by atoms with E-state index in [1.165, 1.54) is 0 Å². The minimum absolute atomic E-state index is 0.108. The van der Waals surface area contributed by atoms with Crippen LogP contribution in [0.15, 0.2) is 53.3 Å². The fourth-order valence-electron chi connectivity index (χ4n) is 4.26. The van der Waals surface area contributed by atoms with E-state index in [2.05, 4.69) is 52.2 Å². The van der Waals surface area contributed by atoms with Crippen molar-refractivity contribution in [2.45, 2.75) is 40.3 Å². The molecule has 0 amide bonds.